The number of Topliss-reactive ketones (excluding diaryl/α,β-unsaturated/α-hetero) is 1. The molecule has 0 N–H and O–H groups in total. The summed E-state index contributed by atoms with van der Waals surface area (Å²) in [6, 6.07) is 0. The van der Waals surface area contributed by atoms with Crippen molar-refractivity contribution in [2.24, 2.45) is 34.5 Å². The van der Waals surface area contributed by atoms with Crippen molar-refractivity contribution in [1.82, 2.24) is 0 Å². The molecule has 0 aromatic rings. The molecule has 8 unspecified atom stereocenters. The van der Waals surface area contributed by atoms with Gasteiger partial charge in [-0.15, -0.1) is 0 Å². The number of halogens is 1. The molecule has 3 nitrogen and oxygen atoms in total. The molecule has 4 rings (SSSR count). The second-order valence-corrected chi connectivity index (χ2v) is 11.2. The third kappa shape index (κ3) is 2.71. The van der Waals surface area contributed by atoms with Crippen molar-refractivity contribution in [3.8, 4) is 0 Å². The molecule has 0 aliphatic heterocycles. The quantitative estimate of drug-likeness (QED) is 0.318. The van der Waals surface area contributed by atoms with Crippen LogP contribution in [0.3, 0.4) is 0 Å². The Morgan fingerprint density at radius 3 is 2.60 bits per heavy atom. The minimum Gasteiger partial charge on any atom is -0.463 e. The van der Waals surface area contributed by atoms with Crippen LogP contribution in [0.15, 0.2) is 0 Å². The van der Waals surface area contributed by atoms with Crippen molar-refractivity contribution < 1.29 is 14.3 Å². The van der Waals surface area contributed by atoms with Crippen LogP contribution in [0.5, 0.6) is 0 Å². The van der Waals surface area contributed by atoms with Crippen LogP contribution >= 0.6 is 22.6 Å². The zero-order chi connectivity index (χ0) is 18.0. The topological polar surface area (TPSA) is 43.4 Å². The Morgan fingerprint density at radius 1 is 1.12 bits per heavy atom. The second kappa shape index (κ2) is 6.20. The van der Waals surface area contributed by atoms with Crippen molar-refractivity contribution in [3.05, 3.63) is 0 Å². The molecule has 4 fully saturated rings. The van der Waals surface area contributed by atoms with Gasteiger partial charge in [0.2, 0.25) is 0 Å². The number of rotatable bonds is 1. The third-order valence-corrected chi connectivity index (χ3v) is 10.6. The number of hydrogen-bond acceptors (Lipinski definition) is 3. The monoisotopic (exact) mass is 458 g/mol. The molecule has 0 bridgehead atoms. The molecule has 25 heavy (non-hydrogen) atoms. The lowest BCUT2D eigenvalue weighted by atomic mass is 9.45. The summed E-state index contributed by atoms with van der Waals surface area (Å²) in [5.74, 6) is 2.51. The van der Waals surface area contributed by atoms with E-state index in [2.05, 4.69) is 36.4 Å². The second-order valence-electron chi connectivity index (χ2n) is 9.73. The Labute approximate surface area is 165 Å². The standard InChI is InChI=1S/C21H31IO3/c1-12(23)25-14-8-9-20(2)13(10-14)4-5-15-16-6-7-18(22)21(16,3)11-17(24)19(15)20/h13-16,18-19H,4-11H2,1-3H3. The largest absolute Gasteiger partial charge is 0.463 e. The third-order valence-electron chi connectivity index (χ3n) is 8.52. The van der Waals surface area contributed by atoms with Gasteiger partial charge in [-0.05, 0) is 73.5 Å². The first-order chi connectivity index (χ1) is 11.8. The highest BCUT2D eigenvalue weighted by Gasteiger charge is 2.63. The van der Waals surface area contributed by atoms with Gasteiger partial charge in [0.15, 0.2) is 0 Å². The lowest BCUT2D eigenvalue weighted by Crippen LogP contribution is -2.57. The van der Waals surface area contributed by atoms with Crippen LogP contribution < -0.4 is 0 Å². The number of carbonyl (C=O) groups excluding carboxylic acids is 2. The van der Waals surface area contributed by atoms with Gasteiger partial charge in [-0.25, -0.2) is 0 Å². The Bertz CT molecular complexity index is 590. The summed E-state index contributed by atoms with van der Waals surface area (Å²) >= 11 is 2.61. The van der Waals surface area contributed by atoms with Gasteiger partial charge in [-0.3, -0.25) is 9.59 Å². The molecule has 0 spiro atoms. The highest BCUT2D eigenvalue weighted by Crippen LogP contribution is 2.66. The summed E-state index contributed by atoms with van der Waals surface area (Å²) in [5.41, 5.74) is 0.359. The summed E-state index contributed by atoms with van der Waals surface area (Å²) in [5, 5.41) is 0. The predicted octanol–water partition coefficient (Wildman–Crippen LogP) is 4.94. The molecule has 4 aliphatic carbocycles. The molecule has 0 aromatic heterocycles. The first-order valence-corrected chi connectivity index (χ1v) is 11.3. The summed E-state index contributed by atoms with van der Waals surface area (Å²) in [4.78, 5) is 24.7. The summed E-state index contributed by atoms with van der Waals surface area (Å²) in [6.07, 6.45) is 8.81. The van der Waals surface area contributed by atoms with E-state index >= 15 is 0 Å². The van der Waals surface area contributed by atoms with Gasteiger partial charge < -0.3 is 4.74 Å². The summed E-state index contributed by atoms with van der Waals surface area (Å²) in [6.45, 7) is 6.29. The zero-order valence-corrected chi connectivity index (χ0v) is 17.9. The van der Waals surface area contributed by atoms with Crippen LogP contribution in [0.2, 0.25) is 0 Å². The molecular weight excluding hydrogens is 427 g/mol. The number of hydrogen-bond donors (Lipinski definition) is 0. The molecule has 0 radical (unpaired) electrons. The fourth-order valence-corrected chi connectivity index (χ4v) is 8.36. The minimum atomic E-state index is -0.161. The van der Waals surface area contributed by atoms with Crippen molar-refractivity contribution in [2.75, 3.05) is 0 Å². The Balaban J connectivity index is 1.59. The number of alkyl halides is 1. The Morgan fingerprint density at radius 2 is 1.88 bits per heavy atom. The van der Waals surface area contributed by atoms with Crippen LogP contribution in [-0.2, 0) is 14.3 Å². The highest BCUT2D eigenvalue weighted by atomic mass is 127. The number of fused-ring (bicyclic) bond motifs is 5. The highest BCUT2D eigenvalue weighted by molar-refractivity contribution is 14.1. The maximum atomic E-state index is 13.4. The average molecular weight is 458 g/mol. The van der Waals surface area contributed by atoms with Gasteiger partial charge >= 0.3 is 5.97 Å². The van der Waals surface area contributed by atoms with E-state index in [0.29, 0.717) is 21.5 Å². The summed E-state index contributed by atoms with van der Waals surface area (Å²) < 4.78 is 6.18. The van der Waals surface area contributed by atoms with Gasteiger partial charge in [0.05, 0.1) is 0 Å². The number of ether oxygens (including phenoxy) is 1. The molecular formula is C21H31IO3. The Hall–Kier alpha value is -0.130. The Kier molecular flexibility index (Phi) is 4.53. The van der Waals surface area contributed by atoms with Crippen molar-refractivity contribution in [1.29, 1.82) is 0 Å². The van der Waals surface area contributed by atoms with Crippen molar-refractivity contribution >= 4 is 34.3 Å². The van der Waals surface area contributed by atoms with Gasteiger partial charge in [0.25, 0.3) is 0 Å². The fraction of sp³-hybridized carbons (Fsp3) is 0.905. The number of carbonyl (C=O) groups is 2. The molecule has 0 amide bonds. The molecule has 4 saturated carbocycles. The molecule has 4 aliphatic rings. The maximum Gasteiger partial charge on any atom is 0.302 e. The van der Waals surface area contributed by atoms with E-state index in [0.717, 1.165) is 31.6 Å². The maximum absolute atomic E-state index is 13.4. The normalized spacial score (nSPS) is 52.1. The molecule has 0 aromatic carbocycles. The van der Waals surface area contributed by atoms with Crippen LogP contribution in [0.25, 0.3) is 0 Å². The predicted molar refractivity (Wildman–Crippen MR) is 105 cm³/mol. The molecule has 8 atom stereocenters. The molecule has 0 heterocycles. The smallest absolute Gasteiger partial charge is 0.302 e. The first-order valence-electron chi connectivity index (χ1n) is 10.1. The van der Waals surface area contributed by atoms with Crippen LogP contribution in [0.4, 0.5) is 0 Å². The van der Waals surface area contributed by atoms with E-state index in [1.807, 2.05) is 0 Å². The average Bonchev–Trinajstić information content (AvgIpc) is 2.82. The van der Waals surface area contributed by atoms with E-state index in [1.165, 1.54) is 32.6 Å². The van der Waals surface area contributed by atoms with Gasteiger partial charge in [-0.2, -0.15) is 0 Å². The van der Waals surface area contributed by atoms with Crippen LogP contribution in [0, 0.1) is 34.5 Å². The van der Waals surface area contributed by atoms with Crippen molar-refractivity contribution in [2.45, 2.75) is 82.2 Å². The van der Waals surface area contributed by atoms with Gasteiger partial charge in [-0.1, -0.05) is 36.4 Å². The summed E-state index contributed by atoms with van der Waals surface area (Å²) in [7, 11) is 0. The van der Waals surface area contributed by atoms with E-state index < -0.39 is 0 Å². The zero-order valence-electron chi connectivity index (χ0n) is 15.7. The van der Waals surface area contributed by atoms with Gasteiger partial charge in [0, 0.05) is 23.2 Å². The molecule has 0 saturated heterocycles. The van der Waals surface area contributed by atoms with E-state index in [-0.39, 0.29) is 28.8 Å². The molecule has 4 heteroatoms. The SMILES string of the molecule is CC(=O)OC1CCC2(C)C(CCC3C4CCC(I)C4(C)CC(=O)C32)C1. The lowest BCUT2D eigenvalue weighted by molar-refractivity contribution is -0.167. The van der Waals surface area contributed by atoms with E-state index in [4.69, 9.17) is 4.74 Å². The lowest BCUT2D eigenvalue weighted by Gasteiger charge is -2.59. The number of esters is 1. The fourth-order valence-electron chi connectivity index (χ4n) is 7.32. The van der Waals surface area contributed by atoms with Crippen LogP contribution in [-0.4, -0.2) is 21.8 Å². The van der Waals surface area contributed by atoms with E-state index in [1.54, 1.807) is 0 Å². The van der Waals surface area contributed by atoms with Crippen LogP contribution in [0.1, 0.15) is 72.1 Å². The molecule has 140 valence electrons. The van der Waals surface area contributed by atoms with Crippen molar-refractivity contribution in [3.63, 3.8) is 0 Å². The van der Waals surface area contributed by atoms with E-state index in [9.17, 15) is 9.59 Å². The minimum absolute atomic E-state index is 0.0706. The first kappa shape index (κ1) is 18.2. The number of ketones is 1. The van der Waals surface area contributed by atoms with Gasteiger partial charge in [0.1, 0.15) is 11.9 Å².